The molecule has 2 fully saturated rings. The van der Waals surface area contributed by atoms with Crippen LogP contribution in [0.25, 0.3) is 0 Å². The molecule has 0 aromatic rings. The molecule has 2 unspecified atom stereocenters. The monoisotopic (exact) mass is 240 g/mol. The van der Waals surface area contributed by atoms with Crippen molar-refractivity contribution in [3.63, 3.8) is 0 Å². The van der Waals surface area contributed by atoms with Crippen LogP contribution in [0, 0.1) is 0 Å². The summed E-state index contributed by atoms with van der Waals surface area (Å²) in [6.45, 7) is 0.710. The molecule has 0 amide bonds. The van der Waals surface area contributed by atoms with Gasteiger partial charge >= 0.3 is 0 Å². The molecule has 3 heteroatoms. The number of hydrogen-bond acceptors (Lipinski definition) is 3. The molecule has 2 rings (SSSR count). The molecule has 17 heavy (non-hydrogen) atoms. The molecular formula is C14H28N2O. The quantitative estimate of drug-likeness (QED) is 0.792. The highest BCUT2D eigenvalue weighted by Gasteiger charge is 2.41. The van der Waals surface area contributed by atoms with Crippen molar-refractivity contribution in [2.45, 2.75) is 75.5 Å². The summed E-state index contributed by atoms with van der Waals surface area (Å²) >= 11 is 0. The first-order valence-electron chi connectivity index (χ1n) is 7.31. The Morgan fingerprint density at radius 1 is 1.12 bits per heavy atom. The molecule has 3 nitrogen and oxygen atoms in total. The van der Waals surface area contributed by atoms with Crippen LogP contribution < -0.4 is 11.1 Å². The smallest absolute Gasteiger partial charge is 0.0765 e. The topological polar surface area (TPSA) is 47.3 Å². The van der Waals surface area contributed by atoms with E-state index < -0.39 is 0 Å². The largest absolute Gasteiger partial charge is 0.379 e. The van der Waals surface area contributed by atoms with Gasteiger partial charge in [-0.1, -0.05) is 32.1 Å². The first kappa shape index (κ1) is 13.3. The van der Waals surface area contributed by atoms with Crippen molar-refractivity contribution in [1.29, 1.82) is 0 Å². The Balaban J connectivity index is 2.00. The minimum Gasteiger partial charge on any atom is -0.379 e. The van der Waals surface area contributed by atoms with Gasteiger partial charge in [0, 0.05) is 19.7 Å². The Morgan fingerprint density at radius 3 is 2.47 bits per heavy atom. The summed E-state index contributed by atoms with van der Waals surface area (Å²) in [5.41, 5.74) is 6.13. The van der Waals surface area contributed by atoms with Crippen LogP contribution in [0.4, 0.5) is 0 Å². The summed E-state index contributed by atoms with van der Waals surface area (Å²) in [5, 5.41) is 3.87. The first-order chi connectivity index (χ1) is 8.30. The summed E-state index contributed by atoms with van der Waals surface area (Å²) < 4.78 is 5.70. The first-order valence-corrected chi connectivity index (χ1v) is 7.31. The average Bonchev–Trinajstić information content (AvgIpc) is 2.40. The van der Waals surface area contributed by atoms with Crippen LogP contribution in [-0.4, -0.2) is 31.3 Å². The molecule has 2 atom stereocenters. The number of nitrogens with one attached hydrogen (secondary N) is 1. The van der Waals surface area contributed by atoms with Gasteiger partial charge < -0.3 is 15.8 Å². The van der Waals surface area contributed by atoms with Crippen LogP contribution in [0.15, 0.2) is 0 Å². The maximum atomic E-state index is 6.08. The van der Waals surface area contributed by atoms with Gasteiger partial charge in [0.25, 0.3) is 0 Å². The fraction of sp³-hybridized carbons (Fsp3) is 1.00. The molecule has 2 aliphatic carbocycles. The summed E-state index contributed by atoms with van der Waals surface area (Å²) in [7, 11) is 1.84. The highest BCUT2D eigenvalue weighted by Crippen LogP contribution is 2.32. The minimum atomic E-state index is 0.0506. The highest BCUT2D eigenvalue weighted by molar-refractivity contribution is 5.01. The summed E-state index contributed by atoms with van der Waals surface area (Å²) in [5.74, 6) is 0. The van der Waals surface area contributed by atoms with E-state index in [0.29, 0.717) is 18.7 Å². The van der Waals surface area contributed by atoms with Gasteiger partial charge in [-0.3, -0.25) is 0 Å². The molecule has 0 spiro atoms. The molecule has 0 aromatic heterocycles. The molecule has 0 saturated heterocycles. The van der Waals surface area contributed by atoms with Crippen LogP contribution in [0.3, 0.4) is 0 Å². The predicted octanol–water partition coefficient (Wildman–Crippen LogP) is 2.20. The standard InChI is InChI=1S/C14H28N2O/c1-17-13-9-5-6-10-14(13,11-15)16-12-7-3-2-4-8-12/h12-13,16H,2-11,15H2,1H3. The van der Waals surface area contributed by atoms with Gasteiger partial charge in [-0.05, 0) is 25.7 Å². The van der Waals surface area contributed by atoms with E-state index in [9.17, 15) is 0 Å². The molecule has 3 N–H and O–H groups in total. The lowest BCUT2D eigenvalue weighted by Gasteiger charge is -2.46. The third kappa shape index (κ3) is 3.01. The number of ether oxygens (including phenoxy) is 1. The Kier molecular flexibility index (Phi) is 4.83. The molecule has 0 heterocycles. The van der Waals surface area contributed by atoms with E-state index in [1.807, 2.05) is 7.11 Å². The second kappa shape index (κ2) is 6.17. The van der Waals surface area contributed by atoms with E-state index in [1.54, 1.807) is 0 Å². The van der Waals surface area contributed by atoms with Crippen LogP contribution in [0.1, 0.15) is 57.8 Å². The van der Waals surface area contributed by atoms with E-state index in [1.165, 1.54) is 51.4 Å². The maximum absolute atomic E-state index is 6.08. The fourth-order valence-corrected chi connectivity index (χ4v) is 3.66. The van der Waals surface area contributed by atoms with Crippen LogP contribution in [-0.2, 0) is 4.74 Å². The highest BCUT2D eigenvalue weighted by atomic mass is 16.5. The normalized spacial score (nSPS) is 36.0. The van der Waals surface area contributed by atoms with E-state index in [4.69, 9.17) is 10.5 Å². The summed E-state index contributed by atoms with van der Waals surface area (Å²) in [4.78, 5) is 0. The summed E-state index contributed by atoms with van der Waals surface area (Å²) in [6, 6.07) is 0.669. The molecule has 0 bridgehead atoms. The minimum absolute atomic E-state index is 0.0506. The lowest BCUT2D eigenvalue weighted by Crippen LogP contribution is -2.64. The molecule has 0 aliphatic heterocycles. The van der Waals surface area contributed by atoms with E-state index >= 15 is 0 Å². The number of hydrogen-bond donors (Lipinski definition) is 2. The average molecular weight is 240 g/mol. The number of rotatable bonds is 4. The Labute approximate surface area is 105 Å². The molecule has 0 aromatic carbocycles. The van der Waals surface area contributed by atoms with Crippen molar-refractivity contribution in [3.8, 4) is 0 Å². The number of methoxy groups -OCH3 is 1. The van der Waals surface area contributed by atoms with Gasteiger partial charge in [0.1, 0.15) is 0 Å². The van der Waals surface area contributed by atoms with Crippen molar-refractivity contribution in [2.24, 2.45) is 5.73 Å². The lowest BCUT2D eigenvalue weighted by atomic mass is 9.77. The third-order valence-electron chi connectivity index (χ3n) is 4.70. The van der Waals surface area contributed by atoms with Gasteiger partial charge in [0.2, 0.25) is 0 Å². The van der Waals surface area contributed by atoms with Gasteiger partial charge in [-0.25, -0.2) is 0 Å². The Morgan fingerprint density at radius 2 is 1.82 bits per heavy atom. The van der Waals surface area contributed by atoms with Crippen molar-refractivity contribution in [1.82, 2.24) is 5.32 Å². The zero-order valence-electron chi connectivity index (χ0n) is 11.2. The Bertz CT molecular complexity index is 228. The lowest BCUT2D eigenvalue weighted by molar-refractivity contribution is -0.0159. The summed E-state index contributed by atoms with van der Waals surface area (Å²) in [6.07, 6.45) is 12.0. The van der Waals surface area contributed by atoms with Gasteiger partial charge in [-0.15, -0.1) is 0 Å². The molecular weight excluding hydrogens is 212 g/mol. The molecule has 2 saturated carbocycles. The number of nitrogens with two attached hydrogens (primary N) is 1. The van der Waals surface area contributed by atoms with Crippen LogP contribution in [0.2, 0.25) is 0 Å². The third-order valence-corrected chi connectivity index (χ3v) is 4.70. The van der Waals surface area contributed by atoms with Crippen molar-refractivity contribution >= 4 is 0 Å². The van der Waals surface area contributed by atoms with E-state index in [0.717, 1.165) is 6.42 Å². The van der Waals surface area contributed by atoms with Gasteiger partial charge in [0.15, 0.2) is 0 Å². The van der Waals surface area contributed by atoms with Crippen molar-refractivity contribution in [2.75, 3.05) is 13.7 Å². The van der Waals surface area contributed by atoms with Crippen LogP contribution in [0.5, 0.6) is 0 Å². The zero-order chi connectivity index (χ0) is 12.1. The second-order valence-electron chi connectivity index (χ2n) is 5.81. The van der Waals surface area contributed by atoms with Crippen LogP contribution >= 0.6 is 0 Å². The van der Waals surface area contributed by atoms with E-state index in [2.05, 4.69) is 5.32 Å². The fourth-order valence-electron chi connectivity index (χ4n) is 3.66. The van der Waals surface area contributed by atoms with E-state index in [-0.39, 0.29) is 5.54 Å². The zero-order valence-corrected chi connectivity index (χ0v) is 11.2. The SMILES string of the molecule is COC1CCCCC1(CN)NC1CCCCC1. The molecule has 0 radical (unpaired) electrons. The molecule has 2 aliphatic rings. The van der Waals surface area contributed by atoms with Gasteiger partial charge in [0.05, 0.1) is 11.6 Å². The van der Waals surface area contributed by atoms with Crippen molar-refractivity contribution in [3.05, 3.63) is 0 Å². The molecule has 100 valence electrons. The predicted molar refractivity (Wildman–Crippen MR) is 71.1 cm³/mol. The second-order valence-corrected chi connectivity index (χ2v) is 5.81. The van der Waals surface area contributed by atoms with Gasteiger partial charge in [-0.2, -0.15) is 0 Å². The van der Waals surface area contributed by atoms with Crippen molar-refractivity contribution < 1.29 is 4.74 Å². The maximum Gasteiger partial charge on any atom is 0.0765 e. The Hall–Kier alpha value is -0.120.